The molecule has 0 saturated carbocycles. The molecule has 0 unspecified atom stereocenters. The van der Waals surface area contributed by atoms with E-state index in [0.29, 0.717) is 12.3 Å². The minimum Gasteiger partial charge on any atom is -0.465 e. The van der Waals surface area contributed by atoms with E-state index in [9.17, 15) is 9.59 Å². The monoisotopic (exact) mass is 253 g/mol. The molecule has 1 rings (SSSR count). The highest BCUT2D eigenvalue weighted by Gasteiger charge is 2.07. The van der Waals surface area contributed by atoms with Crippen LogP contribution in [0.4, 0.5) is 5.69 Å². The lowest BCUT2D eigenvalue weighted by molar-refractivity contribution is -0.139. The summed E-state index contributed by atoms with van der Waals surface area (Å²) in [4.78, 5) is 23.1. The number of amides is 1. The van der Waals surface area contributed by atoms with Crippen LogP contribution >= 0.6 is 11.8 Å². The van der Waals surface area contributed by atoms with Gasteiger partial charge < -0.3 is 10.1 Å². The van der Waals surface area contributed by atoms with Crippen molar-refractivity contribution in [3.63, 3.8) is 0 Å². The van der Waals surface area contributed by atoms with Gasteiger partial charge in [-0.2, -0.15) is 0 Å². The summed E-state index contributed by atoms with van der Waals surface area (Å²) in [6.45, 7) is 3.60. The largest absolute Gasteiger partial charge is 0.465 e. The van der Waals surface area contributed by atoms with E-state index in [2.05, 4.69) is 5.32 Å². The van der Waals surface area contributed by atoms with Crippen LogP contribution < -0.4 is 5.32 Å². The summed E-state index contributed by atoms with van der Waals surface area (Å²) in [6, 6.07) is 7.35. The van der Waals surface area contributed by atoms with Crippen LogP contribution in [0.1, 0.15) is 13.8 Å². The van der Waals surface area contributed by atoms with Gasteiger partial charge in [0.25, 0.3) is 0 Å². The summed E-state index contributed by atoms with van der Waals surface area (Å²) < 4.78 is 4.84. The maximum absolute atomic E-state index is 11.2. The molecule has 0 heterocycles. The number of ether oxygens (including phenoxy) is 1. The number of carbonyl (C=O) groups is 2. The molecule has 0 aliphatic rings. The minimum absolute atomic E-state index is 0.130. The number of carbonyl (C=O) groups excluding carboxylic acids is 2. The molecule has 1 aromatic rings. The number of hydrogen-bond acceptors (Lipinski definition) is 4. The lowest BCUT2D eigenvalue weighted by atomic mass is 10.3. The predicted molar refractivity (Wildman–Crippen MR) is 68.1 cm³/mol. The van der Waals surface area contributed by atoms with Crippen molar-refractivity contribution < 1.29 is 14.3 Å². The highest BCUT2D eigenvalue weighted by molar-refractivity contribution is 8.00. The summed E-state index contributed by atoms with van der Waals surface area (Å²) in [5, 5.41) is 2.72. The average Bonchev–Trinajstić information content (AvgIpc) is 2.27. The highest BCUT2D eigenvalue weighted by atomic mass is 32.2. The summed E-state index contributed by atoms with van der Waals surface area (Å²) in [5.41, 5.74) is 0.717. The molecular weight excluding hydrogens is 238 g/mol. The second kappa shape index (κ2) is 6.96. The summed E-state index contributed by atoms with van der Waals surface area (Å²) in [6.07, 6.45) is 0. The Balaban J connectivity index is 2.63. The first kappa shape index (κ1) is 13.6. The van der Waals surface area contributed by atoms with Gasteiger partial charge in [0.1, 0.15) is 0 Å². The fourth-order valence-electron chi connectivity index (χ4n) is 1.22. The lowest BCUT2D eigenvalue weighted by Crippen LogP contribution is -2.09. The average molecular weight is 253 g/mol. The second-order valence-electron chi connectivity index (χ2n) is 3.27. The Morgan fingerprint density at radius 3 is 2.71 bits per heavy atom. The van der Waals surface area contributed by atoms with Gasteiger partial charge in [0, 0.05) is 11.8 Å². The van der Waals surface area contributed by atoms with E-state index in [4.69, 9.17) is 4.74 Å². The molecule has 0 atom stereocenters. The van der Waals surface area contributed by atoms with E-state index in [1.807, 2.05) is 18.2 Å². The molecule has 0 fully saturated rings. The number of nitrogens with one attached hydrogen (secondary N) is 1. The van der Waals surface area contributed by atoms with Crippen LogP contribution in [-0.4, -0.2) is 24.2 Å². The molecule has 0 radical (unpaired) electrons. The van der Waals surface area contributed by atoms with Crippen molar-refractivity contribution >= 4 is 29.3 Å². The first-order valence-electron chi connectivity index (χ1n) is 5.28. The number of benzene rings is 1. The van der Waals surface area contributed by atoms with E-state index in [0.717, 1.165) is 4.90 Å². The maximum atomic E-state index is 11.2. The standard InChI is InChI=1S/C12H15NO3S/c1-3-16-12(15)8-17-11-7-5-4-6-10(11)13-9(2)14/h4-7H,3,8H2,1-2H3,(H,13,14). The van der Waals surface area contributed by atoms with E-state index in [1.165, 1.54) is 18.7 Å². The van der Waals surface area contributed by atoms with Crippen molar-refractivity contribution in [2.75, 3.05) is 17.7 Å². The number of para-hydroxylation sites is 1. The van der Waals surface area contributed by atoms with Crippen molar-refractivity contribution in [2.45, 2.75) is 18.7 Å². The molecule has 4 nitrogen and oxygen atoms in total. The molecule has 1 amide bonds. The molecule has 5 heteroatoms. The smallest absolute Gasteiger partial charge is 0.316 e. The van der Waals surface area contributed by atoms with Crippen LogP contribution in [0.15, 0.2) is 29.2 Å². The van der Waals surface area contributed by atoms with Crippen LogP contribution in [0.3, 0.4) is 0 Å². The van der Waals surface area contributed by atoms with Crippen molar-refractivity contribution in [2.24, 2.45) is 0 Å². The first-order chi connectivity index (χ1) is 8.13. The number of rotatable bonds is 5. The Morgan fingerprint density at radius 2 is 2.06 bits per heavy atom. The van der Waals surface area contributed by atoms with Gasteiger partial charge in [-0.1, -0.05) is 12.1 Å². The summed E-state index contributed by atoms with van der Waals surface area (Å²) >= 11 is 1.35. The first-order valence-corrected chi connectivity index (χ1v) is 6.27. The van der Waals surface area contributed by atoms with Crippen molar-refractivity contribution in [3.8, 4) is 0 Å². The third kappa shape index (κ3) is 4.91. The fourth-order valence-corrected chi connectivity index (χ4v) is 2.03. The summed E-state index contributed by atoms with van der Waals surface area (Å²) in [7, 11) is 0. The maximum Gasteiger partial charge on any atom is 0.316 e. The van der Waals surface area contributed by atoms with Crippen LogP contribution in [0.25, 0.3) is 0 Å². The molecule has 0 saturated heterocycles. The van der Waals surface area contributed by atoms with Gasteiger partial charge in [0.15, 0.2) is 0 Å². The van der Waals surface area contributed by atoms with Crippen molar-refractivity contribution in [3.05, 3.63) is 24.3 Å². The SMILES string of the molecule is CCOC(=O)CSc1ccccc1NC(C)=O. The van der Waals surface area contributed by atoms with Crippen LogP contribution in [0.5, 0.6) is 0 Å². The zero-order valence-electron chi connectivity index (χ0n) is 9.86. The van der Waals surface area contributed by atoms with Gasteiger partial charge in [-0.3, -0.25) is 9.59 Å². The molecule has 0 bridgehead atoms. The van der Waals surface area contributed by atoms with Crippen molar-refractivity contribution in [1.82, 2.24) is 0 Å². The Bertz CT molecular complexity index is 406. The van der Waals surface area contributed by atoms with Crippen LogP contribution in [0, 0.1) is 0 Å². The Hall–Kier alpha value is -1.49. The van der Waals surface area contributed by atoms with Gasteiger partial charge in [0.2, 0.25) is 5.91 Å². The molecule has 17 heavy (non-hydrogen) atoms. The number of esters is 1. The third-order valence-corrected chi connectivity index (χ3v) is 2.90. The number of anilines is 1. The van der Waals surface area contributed by atoms with Crippen molar-refractivity contribution in [1.29, 1.82) is 0 Å². The molecule has 0 spiro atoms. The molecule has 0 aliphatic heterocycles. The van der Waals surface area contributed by atoms with E-state index in [-0.39, 0.29) is 17.6 Å². The number of thioether (sulfide) groups is 1. The highest BCUT2D eigenvalue weighted by Crippen LogP contribution is 2.26. The quantitative estimate of drug-likeness (QED) is 0.646. The van der Waals surface area contributed by atoms with Gasteiger partial charge in [0.05, 0.1) is 18.0 Å². The fraction of sp³-hybridized carbons (Fsp3) is 0.333. The summed E-state index contributed by atoms with van der Waals surface area (Å²) in [5.74, 6) is -0.144. The van der Waals surface area contributed by atoms with Gasteiger partial charge in [-0.15, -0.1) is 11.8 Å². The van der Waals surface area contributed by atoms with E-state index < -0.39 is 0 Å². The Kier molecular flexibility index (Phi) is 5.56. The van der Waals surface area contributed by atoms with E-state index in [1.54, 1.807) is 13.0 Å². The van der Waals surface area contributed by atoms with Gasteiger partial charge in [-0.05, 0) is 19.1 Å². The predicted octanol–water partition coefficient (Wildman–Crippen LogP) is 2.30. The molecule has 1 aromatic carbocycles. The molecule has 92 valence electrons. The topological polar surface area (TPSA) is 55.4 Å². The Morgan fingerprint density at radius 1 is 1.35 bits per heavy atom. The minimum atomic E-state index is -0.255. The zero-order chi connectivity index (χ0) is 12.7. The van der Waals surface area contributed by atoms with Crippen LogP contribution in [0.2, 0.25) is 0 Å². The zero-order valence-corrected chi connectivity index (χ0v) is 10.7. The molecule has 0 aromatic heterocycles. The third-order valence-electron chi connectivity index (χ3n) is 1.85. The lowest BCUT2D eigenvalue weighted by Gasteiger charge is -2.08. The second-order valence-corrected chi connectivity index (χ2v) is 4.29. The normalized spacial score (nSPS) is 9.76. The molecule has 0 aliphatic carbocycles. The van der Waals surface area contributed by atoms with Crippen LogP contribution in [-0.2, 0) is 14.3 Å². The molecule has 1 N–H and O–H groups in total. The molecular formula is C12H15NO3S. The van der Waals surface area contributed by atoms with E-state index >= 15 is 0 Å². The Labute approximate surface area is 105 Å². The van der Waals surface area contributed by atoms with Gasteiger partial charge in [-0.25, -0.2) is 0 Å². The van der Waals surface area contributed by atoms with Gasteiger partial charge >= 0.3 is 5.97 Å². The number of hydrogen-bond donors (Lipinski definition) is 1.